The molecule has 0 atom stereocenters. The van der Waals surface area contributed by atoms with Crippen LogP contribution in [0.2, 0.25) is 5.02 Å². The fraction of sp³-hybridized carbons (Fsp3) is 0.250. The number of amides is 1. The van der Waals surface area contributed by atoms with E-state index in [1.165, 1.54) is 11.8 Å². The van der Waals surface area contributed by atoms with Gasteiger partial charge in [0.15, 0.2) is 5.13 Å². The number of hydrogen-bond donors (Lipinski definition) is 0. The van der Waals surface area contributed by atoms with E-state index in [0.29, 0.717) is 28.8 Å². The van der Waals surface area contributed by atoms with Gasteiger partial charge in [0.1, 0.15) is 5.02 Å². The molecule has 3 rings (SSSR count). The highest BCUT2D eigenvalue weighted by atomic mass is 35.5. The second-order valence-corrected chi connectivity index (χ2v) is 8.00. The van der Waals surface area contributed by atoms with Gasteiger partial charge in [0.25, 0.3) is 5.56 Å². The Bertz CT molecular complexity index is 1170. The van der Waals surface area contributed by atoms with Gasteiger partial charge in [-0.05, 0) is 43.2 Å². The third-order valence-electron chi connectivity index (χ3n) is 4.50. The molecule has 0 spiro atoms. The number of carbonyl (C=O) groups is 1. The molecule has 158 valence electrons. The molecule has 0 unspecified atom stereocenters. The minimum atomic E-state index is -4.64. The highest BCUT2D eigenvalue weighted by molar-refractivity contribution is 7.14. The van der Waals surface area contributed by atoms with Gasteiger partial charge < -0.3 is 4.57 Å². The third kappa shape index (κ3) is 4.57. The Labute approximate surface area is 179 Å². The summed E-state index contributed by atoms with van der Waals surface area (Å²) in [7, 11) is 0. The number of thiazole rings is 1. The summed E-state index contributed by atoms with van der Waals surface area (Å²) in [6, 6.07) is 6.14. The van der Waals surface area contributed by atoms with Crippen LogP contribution >= 0.6 is 22.9 Å². The van der Waals surface area contributed by atoms with Crippen LogP contribution in [-0.4, -0.2) is 15.5 Å². The van der Waals surface area contributed by atoms with Crippen molar-refractivity contribution in [1.82, 2.24) is 9.55 Å². The van der Waals surface area contributed by atoms with Gasteiger partial charge >= 0.3 is 6.18 Å². The van der Waals surface area contributed by atoms with Crippen LogP contribution in [0.15, 0.2) is 40.6 Å². The van der Waals surface area contributed by atoms with Gasteiger partial charge in [0.2, 0.25) is 5.91 Å². The Kier molecular flexibility index (Phi) is 6.05. The minimum Gasteiger partial charge on any atom is -0.308 e. The number of carbonyl (C=O) groups excluding carboxylic acids is 1. The van der Waals surface area contributed by atoms with Crippen LogP contribution in [0.3, 0.4) is 0 Å². The first-order chi connectivity index (χ1) is 14.0. The first-order valence-corrected chi connectivity index (χ1v) is 10.0. The van der Waals surface area contributed by atoms with E-state index >= 15 is 0 Å². The molecule has 2 heterocycles. The van der Waals surface area contributed by atoms with E-state index < -0.39 is 22.3 Å². The number of alkyl halides is 3. The van der Waals surface area contributed by atoms with Crippen LogP contribution in [0.4, 0.5) is 24.0 Å². The molecule has 0 aliphatic carbocycles. The van der Waals surface area contributed by atoms with E-state index in [4.69, 9.17) is 11.6 Å². The van der Waals surface area contributed by atoms with Crippen molar-refractivity contribution in [2.75, 3.05) is 4.90 Å². The van der Waals surface area contributed by atoms with Crippen molar-refractivity contribution in [3.63, 3.8) is 0 Å². The molecule has 0 aliphatic rings. The maximum absolute atomic E-state index is 13.0. The molecular weight excluding hydrogens is 439 g/mol. The topological polar surface area (TPSA) is 55.2 Å². The number of anilines is 2. The predicted molar refractivity (Wildman–Crippen MR) is 111 cm³/mol. The molecule has 5 nitrogen and oxygen atoms in total. The van der Waals surface area contributed by atoms with Gasteiger partial charge in [-0.25, -0.2) is 4.98 Å². The Morgan fingerprint density at radius 1 is 1.23 bits per heavy atom. The molecule has 0 radical (unpaired) electrons. The summed E-state index contributed by atoms with van der Waals surface area (Å²) < 4.78 is 40.0. The van der Waals surface area contributed by atoms with Gasteiger partial charge in [-0.1, -0.05) is 17.7 Å². The highest BCUT2D eigenvalue weighted by Gasteiger charge is 2.32. The van der Waals surface area contributed by atoms with Crippen molar-refractivity contribution in [3.8, 4) is 0 Å². The van der Waals surface area contributed by atoms with Crippen molar-refractivity contribution in [2.24, 2.45) is 0 Å². The molecule has 0 fully saturated rings. The van der Waals surface area contributed by atoms with Crippen LogP contribution < -0.4 is 10.5 Å². The van der Waals surface area contributed by atoms with Crippen LogP contribution in [0, 0.1) is 13.8 Å². The number of hydrogen-bond acceptors (Lipinski definition) is 4. The maximum Gasteiger partial charge on any atom is 0.417 e. The van der Waals surface area contributed by atoms with Crippen molar-refractivity contribution in [2.45, 2.75) is 33.5 Å². The smallest absolute Gasteiger partial charge is 0.308 e. The maximum atomic E-state index is 13.0. The standard InChI is InChI=1S/C20H17ClF3N3O2S/c1-11-4-5-16(6-12(11)2)27(13(3)28)19-25-15(10-30-19)9-26-8-14(20(22,23)24)7-17(21)18(26)29/h4-8,10H,9H2,1-3H3. The van der Waals surface area contributed by atoms with Gasteiger partial charge in [-0.2, -0.15) is 13.2 Å². The Balaban J connectivity index is 1.96. The SMILES string of the molecule is CC(=O)N(c1ccc(C)c(C)c1)c1nc(Cn2cc(C(F)(F)F)cc(Cl)c2=O)cs1. The molecule has 0 bridgehead atoms. The number of nitrogens with zero attached hydrogens (tertiary/aromatic N) is 3. The molecule has 1 amide bonds. The van der Waals surface area contributed by atoms with Crippen molar-refractivity contribution in [1.29, 1.82) is 0 Å². The number of aromatic nitrogens is 2. The zero-order valence-electron chi connectivity index (χ0n) is 16.2. The molecular formula is C20H17ClF3N3O2S. The number of pyridine rings is 1. The Hall–Kier alpha value is -2.65. The average molecular weight is 456 g/mol. The monoisotopic (exact) mass is 455 g/mol. The number of benzene rings is 1. The van der Waals surface area contributed by atoms with Crippen LogP contribution in [0.5, 0.6) is 0 Å². The molecule has 0 N–H and O–H groups in total. The number of rotatable bonds is 4. The summed E-state index contributed by atoms with van der Waals surface area (Å²) in [5, 5.41) is 1.42. The van der Waals surface area contributed by atoms with Crippen molar-refractivity contribution >= 4 is 39.7 Å². The average Bonchev–Trinajstić information content (AvgIpc) is 3.08. The van der Waals surface area contributed by atoms with E-state index in [1.54, 1.807) is 11.4 Å². The molecule has 0 aliphatic heterocycles. The van der Waals surface area contributed by atoms with E-state index in [2.05, 4.69) is 4.98 Å². The van der Waals surface area contributed by atoms with Gasteiger partial charge in [-0.3, -0.25) is 14.5 Å². The van der Waals surface area contributed by atoms with Crippen molar-refractivity contribution < 1.29 is 18.0 Å². The largest absolute Gasteiger partial charge is 0.417 e. The summed E-state index contributed by atoms with van der Waals surface area (Å²) in [6.07, 6.45) is -3.93. The fourth-order valence-electron chi connectivity index (χ4n) is 2.81. The first kappa shape index (κ1) is 22.0. The van der Waals surface area contributed by atoms with Crippen LogP contribution in [-0.2, 0) is 17.5 Å². The van der Waals surface area contributed by atoms with E-state index in [9.17, 15) is 22.8 Å². The summed E-state index contributed by atoms with van der Waals surface area (Å²) >= 11 is 6.85. The molecule has 0 saturated heterocycles. The zero-order chi connectivity index (χ0) is 22.2. The fourth-order valence-corrected chi connectivity index (χ4v) is 3.91. The number of aryl methyl sites for hydroxylation is 2. The Morgan fingerprint density at radius 3 is 2.53 bits per heavy atom. The van der Waals surface area contributed by atoms with Gasteiger partial charge in [0, 0.05) is 18.5 Å². The first-order valence-electron chi connectivity index (χ1n) is 8.77. The second-order valence-electron chi connectivity index (χ2n) is 6.75. The highest BCUT2D eigenvalue weighted by Crippen LogP contribution is 2.32. The van der Waals surface area contributed by atoms with Crippen LogP contribution in [0.25, 0.3) is 0 Å². The summed E-state index contributed by atoms with van der Waals surface area (Å²) in [6.45, 7) is 5.07. The van der Waals surface area contributed by atoms with Crippen LogP contribution in [0.1, 0.15) is 29.3 Å². The van der Waals surface area contributed by atoms with Gasteiger partial charge in [-0.15, -0.1) is 11.3 Å². The molecule has 30 heavy (non-hydrogen) atoms. The predicted octanol–water partition coefficient (Wildman–Crippen LogP) is 5.33. The van der Waals surface area contributed by atoms with E-state index in [-0.39, 0.29) is 12.5 Å². The summed E-state index contributed by atoms with van der Waals surface area (Å²) in [5.41, 5.74) is 1.26. The number of halogens is 4. The lowest BCUT2D eigenvalue weighted by Crippen LogP contribution is -2.24. The van der Waals surface area contributed by atoms with Gasteiger partial charge in [0.05, 0.1) is 23.5 Å². The van der Waals surface area contributed by atoms with E-state index in [0.717, 1.165) is 27.0 Å². The van der Waals surface area contributed by atoms with E-state index in [1.807, 2.05) is 26.0 Å². The normalized spacial score (nSPS) is 11.6. The molecule has 1 aromatic carbocycles. The summed E-state index contributed by atoms with van der Waals surface area (Å²) in [4.78, 5) is 30.2. The van der Waals surface area contributed by atoms with Crippen molar-refractivity contribution in [3.05, 3.63) is 73.6 Å². The lowest BCUT2D eigenvalue weighted by molar-refractivity contribution is -0.138. The molecule has 3 aromatic rings. The molecule has 10 heteroatoms. The molecule has 2 aromatic heterocycles. The zero-order valence-corrected chi connectivity index (χ0v) is 17.8. The quantitative estimate of drug-likeness (QED) is 0.534. The minimum absolute atomic E-state index is 0.211. The molecule has 0 saturated carbocycles. The lowest BCUT2D eigenvalue weighted by atomic mass is 10.1. The lowest BCUT2D eigenvalue weighted by Gasteiger charge is -2.19. The second kappa shape index (κ2) is 8.23. The summed E-state index contributed by atoms with van der Waals surface area (Å²) in [5.74, 6) is -0.265. The Morgan fingerprint density at radius 2 is 1.93 bits per heavy atom. The third-order valence-corrected chi connectivity index (χ3v) is 5.64.